The van der Waals surface area contributed by atoms with E-state index in [-0.39, 0.29) is 11.9 Å². The summed E-state index contributed by atoms with van der Waals surface area (Å²) in [5, 5.41) is 10.1. The fourth-order valence-corrected chi connectivity index (χ4v) is 4.71. The highest BCUT2D eigenvalue weighted by atomic mass is 19.1. The summed E-state index contributed by atoms with van der Waals surface area (Å²) >= 11 is 0. The minimum absolute atomic E-state index is 0.0349. The average molecular weight is 692 g/mol. The van der Waals surface area contributed by atoms with E-state index >= 15 is 0 Å². The second-order valence-corrected chi connectivity index (χ2v) is 11.5. The second-order valence-electron chi connectivity index (χ2n) is 11.5. The number of halogens is 1. The van der Waals surface area contributed by atoms with Crippen LogP contribution < -0.4 is 33.2 Å². The van der Waals surface area contributed by atoms with Crippen molar-refractivity contribution in [3.8, 4) is 12.8 Å². The molecule has 1 aromatic carbocycles. The van der Waals surface area contributed by atoms with Crippen molar-refractivity contribution in [2.24, 2.45) is 17.2 Å². The third-order valence-corrected chi connectivity index (χ3v) is 8.04. The van der Waals surface area contributed by atoms with Gasteiger partial charge in [-0.2, -0.15) is 0 Å². The molecule has 0 radical (unpaired) electrons. The molecular weight excluding hydrogens is 634 g/mol. The van der Waals surface area contributed by atoms with E-state index in [1.54, 1.807) is 18.3 Å². The molecule has 2 rings (SSSR count). The van der Waals surface area contributed by atoms with Crippen LogP contribution in [-0.2, 0) is 13.1 Å². The van der Waals surface area contributed by atoms with Crippen molar-refractivity contribution in [2.75, 3.05) is 6.54 Å². The van der Waals surface area contributed by atoms with Gasteiger partial charge in [0, 0.05) is 60.2 Å². The molecule has 0 heterocycles. The quantitative estimate of drug-likeness (QED) is 0.0686. The molecule has 1 aliphatic carbocycles. The molecule has 1 aromatic rings. The van der Waals surface area contributed by atoms with Crippen molar-refractivity contribution < 1.29 is 4.39 Å². The molecule has 1 aliphatic rings. The second kappa shape index (κ2) is 22.5. The van der Waals surface area contributed by atoms with Crippen LogP contribution in [0.5, 0.6) is 0 Å². The number of hydrogen-bond donors (Lipinski definition) is 6. The molecule has 0 saturated carbocycles. The minimum atomic E-state index is -0.276. The lowest BCUT2D eigenvalue weighted by Crippen LogP contribution is -2.29. The maximum atomic E-state index is 14.7. The lowest BCUT2D eigenvalue weighted by molar-refractivity contribution is 0.449. The summed E-state index contributed by atoms with van der Waals surface area (Å²) < 4.78 is 14.7. The highest BCUT2D eigenvalue weighted by Crippen LogP contribution is 2.35. The number of rotatable bonds is 18. The fourth-order valence-electron chi connectivity index (χ4n) is 4.71. The third kappa shape index (κ3) is 13.4. The monoisotopic (exact) mass is 691 g/mol. The van der Waals surface area contributed by atoms with Crippen LogP contribution >= 0.6 is 0 Å². The van der Waals surface area contributed by atoms with E-state index < -0.39 is 0 Å². The number of nitrogens with zero attached hydrogens (tertiary/aromatic N) is 1. The Labute approximate surface area is 307 Å². The lowest BCUT2D eigenvalue weighted by Gasteiger charge is -2.29. The first-order chi connectivity index (χ1) is 24.1. The van der Waals surface area contributed by atoms with Crippen LogP contribution in [0.15, 0.2) is 175 Å². The third-order valence-electron chi connectivity index (χ3n) is 8.04. The van der Waals surface area contributed by atoms with E-state index in [9.17, 15) is 4.39 Å². The Bertz CT molecular complexity index is 1690. The molecule has 0 saturated heterocycles. The molecule has 0 amide bonds. The Kier molecular flexibility index (Phi) is 19.9. The summed E-state index contributed by atoms with van der Waals surface area (Å²) in [7, 11) is 0. The maximum Gasteiger partial charge on any atom is 0.128 e. The fraction of sp³-hybridized carbons (Fsp3) is 0.209. The maximum absolute atomic E-state index is 14.7. The molecule has 0 spiro atoms. The van der Waals surface area contributed by atoms with Gasteiger partial charge in [0.05, 0.1) is 11.4 Å². The summed E-state index contributed by atoms with van der Waals surface area (Å²) in [6.45, 7) is 42.9. The highest BCUT2D eigenvalue weighted by Gasteiger charge is 2.22. The topological polar surface area (TPSA) is 117 Å². The van der Waals surface area contributed by atoms with Crippen LogP contribution in [0.25, 0.3) is 0 Å². The predicted octanol–water partition coefficient (Wildman–Crippen LogP) is 7.86. The van der Waals surface area contributed by atoms with Crippen molar-refractivity contribution in [1.29, 1.82) is 0 Å². The molecule has 9 N–H and O–H groups in total. The smallest absolute Gasteiger partial charge is 0.128 e. The Morgan fingerprint density at radius 1 is 1.00 bits per heavy atom. The minimum Gasteiger partial charge on any atom is -0.405 e. The molecule has 0 unspecified atom stereocenters. The normalized spacial score (nSPS) is 13.6. The van der Waals surface area contributed by atoms with Gasteiger partial charge >= 0.3 is 0 Å². The van der Waals surface area contributed by atoms with Crippen LogP contribution in [-0.4, -0.2) is 17.5 Å². The molecule has 0 bridgehead atoms. The Hall–Kier alpha value is -6.07. The van der Waals surface area contributed by atoms with Crippen LogP contribution in [0, 0.1) is 18.7 Å². The SMILES string of the molecule is C#C.C=C/C(=C\C=C(/C)[C@H](C)NC(=C)C(=C)/C=C(/C(=C)NCc1ccc(F)c(CNC2=C(C)C(=C)C2=C)c1)N(CC)/C(C)=C\N)C(=C)N.C=CN. The molecule has 8 heteroatoms. The van der Waals surface area contributed by atoms with Crippen molar-refractivity contribution in [3.05, 3.63) is 192 Å². The average Bonchev–Trinajstić information content (AvgIpc) is 3.11. The number of benzene rings is 1. The molecule has 272 valence electrons. The summed E-state index contributed by atoms with van der Waals surface area (Å²) in [6, 6.07) is 5.06. The van der Waals surface area contributed by atoms with Gasteiger partial charge in [0.15, 0.2) is 0 Å². The van der Waals surface area contributed by atoms with Crippen LogP contribution in [0.2, 0.25) is 0 Å². The van der Waals surface area contributed by atoms with Crippen molar-refractivity contribution in [2.45, 2.75) is 53.8 Å². The Balaban J connectivity index is 0.00000473. The van der Waals surface area contributed by atoms with Gasteiger partial charge in [-0.05, 0) is 92.5 Å². The summed E-state index contributed by atoms with van der Waals surface area (Å²) in [5.41, 5.74) is 27.5. The van der Waals surface area contributed by atoms with Gasteiger partial charge < -0.3 is 38.1 Å². The number of hydrogen-bond acceptors (Lipinski definition) is 7. The zero-order chi connectivity index (χ0) is 39.4. The van der Waals surface area contributed by atoms with Gasteiger partial charge in [0.2, 0.25) is 0 Å². The van der Waals surface area contributed by atoms with E-state index in [1.807, 2.05) is 63.8 Å². The van der Waals surface area contributed by atoms with Crippen LogP contribution in [0.1, 0.15) is 45.7 Å². The number of nitrogens with two attached hydrogens (primary N) is 3. The molecule has 0 aromatic heterocycles. The lowest BCUT2D eigenvalue weighted by atomic mass is 9.85. The van der Waals surface area contributed by atoms with Gasteiger partial charge in [-0.1, -0.05) is 82.5 Å². The summed E-state index contributed by atoms with van der Waals surface area (Å²) in [4.78, 5) is 2.04. The largest absolute Gasteiger partial charge is 0.405 e. The standard InChI is InChI=1S/C39H51FN6.C2H5N.C2H2/c1-13-35(30(9)42)17-15-24(3)31(10)45-32(11)25(4)19-38(46(14-2)26(5)21-41)33(12)43-22-34-16-18-37(40)36(20-34)23-44-39-28(7)27(6)29(39)8;1-2-3;1-2/h13,15-21,31,43-45H,1,4,6-7,9,11-12,14,22-23,41-42H2,2-3,5,8,10H3;2H,1,3H2;1-2H/b24-15+,26-21-,35-17+,38-19-;;/t31-;;/m0../s1. The molecule has 0 aliphatic heterocycles. The van der Waals surface area contributed by atoms with Crippen molar-refractivity contribution >= 4 is 0 Å². The van der Waals surface area contributed by atoms with Crippen LogP contribution in [0.4, 0.5) is 4.39 Å². The van der Waals surface area contributed by atoms with Gasteiger partial charge in [0.25, 0.3) is 0 Å². The zero-order valence-corrected chi connectivity index (χ0v) is 31.3. The van der Waals surface area contributed by atoms with Gasteiger partial charge in [0.1, 0.15) is 5.82 Å². The van der Waals surface area contributed by atoms with E-state index in [0.717, 1.165) is 50.5 Å². The van der Waals surface area contributed by atoms with Gasteiger partial charge in [-0.25, -0.2) is 4.39 Å². The first kappa shape index (κ1) is 44.9. The highest BCUT2D eigenvalue weighted by molar-refractivity contribution is 5.65. The summed E-state index contributed by atoms with van der Waals surface area (Å²) in [6.07, 6.45) is 18.3. The van der Waals surface area contributed by atoms with E-state index in [1.165, 1.54) is 12.3 Å². The van der Waals surface area contributed by atoms with E-state index in [2.05, 4.69) is 87.2 Å². The molecule has 7 nitrogen and oxygen atoms in total. The Morgan fingerprint density at radius 2 is 1.61 bits per heavy atom. The number of nitrogens with one attached hydrogen (secondary N) is 3. The number of allylic oxidation sites excluding steroid dienone is 7. The first-order valence-electron chi connectivity index (χ1n) is 16.3. The van der Waals surface area contributed by atoms with Gasteiger partial charge in [-0.3, -0.25) is 0 Å². The Morgan fingerprint density at radius 3 is 2.12 bits per heavy atom. The van der Waals surface area contributed by atoms with Crippen molar-refractivity contribution in [1.82, 2.24) is 20.9 Å². The van der Waals surface area contributed by atoms with E-state index in [0.29, 0.717) is 47.9 Å². The first-order valence-corrected chi connectivity index (χ1v) is 16.3. The van der Waals surface area contributed by atoms with E-state index in [4.69, 9.17) is 11.5 Å². The molecule has 0 fully saturated rings. The molecule has 51 heavy (non-hydrogen) atoms. The summed E-state index contributed by atoms with van der Waals surface area (Å²) in [5.74, 6) is -0.276. The zero-order valence-electron chi connectivity index (χ0n) is 31.3. The predicted molar refractivity (Wildman–Crippen MR) is 219 cm³/mol. The van der Waals surface area contributed by atoms with Gasteiger partial charge in [-0.15, -0.1) is 12.8 Å². The molecule has 1 atom stereocenters. The van der Waals surface area contributed by atoms with Crippen molar-refractivity contribution in [3.63, 3.8) is 0 Å². The number of likely N-dealkylation sites (N-methyl/N-ethyl adjacent to an activating group) is 1. The van der Waals surface area contributed by atoms with Crippen LogP contribution in [0.3, 0.4) is 0 Å². The number of terminal acetylenes is 1. The molecular formula is C43H58FN7.